The highest BCUT2D eigenvalue weighted by atomic mass is 19.4. The van der Waals surface area contributed by atoms with E-state index < -0.39 is 42.2 Å². The van der Waals surface area contributed by atoms with E-state index in [9.17, 15) is 36.6 Å². The Hall–Kier alpha value is -3.35. The van der Waals surface area contributed by atoms with Crippen molar-refractivity contribution in [2.24, 2.45) is 0 Å². The third kappa shape index (κ3) is 7.07. The molecule has 13 heteroatoms. The second-order valence-electron chi connectivity index (χ2n) is 8.01. The molecule has 2 amide bonds. The number of anilines is 1. The molecular weight excluding hydrogens is 467 g/mol. The van der Waals surface area contributed by atoms with Crippen molar-refractivity contribution in [3.8, 4) is 5.75 Å². The fourth-order valence-electron chi connectivity index (χ4n) is 2.49. The molecule has 0 bridgehead atoms. The van der Waals surface area contributed by atoms with E-state index in [0.29, 0.717) is 11.3 Å². The maximum absolute atomic E-state index is 12.9. The van der Waals surface area contributed by atoms with Crippen LogP contribution in [0.15, 0.2) is 30.5 Å². The van der Waals surface area contributed by atoms with E-state index in [1.54, 1.807) is 19.9 Å². The molecule has 0 saturated carbocycles. The van der Waals surface area contributed by atoms with Crippen molar-refractivity contribution in [1.29, 1.82) is 0 Å². The average molecular weight is 490 g/mol. The van der Waals surface area contributed by atoms with Gasteiger partial charge >= 0.3 is 12.1 Å². The number of amides is 2. The van der Waals surface area contributed by atoms with Crippen LogP contribution >= 0.6 is 0 Å². The zero-order valence-electron chi connectivity index (χ0n) is 18.6. The highest BCUT2D eigenvalue weighted by Gasteiger charge is 2.58. The number of rotatable bonds is 8. The number of halogens is 5. The van der Waals surface area contributed by atoms with Gasteiger partial charge in [0.2, 0.25) is 0 Å². The minimum atomic E-state index is -5.75. The smallest absolute Gasteiger partial charge is 0.456 e. The van der Waals surface area contributed by atoms with Crippen LogP contribution in [0.25, 0.3) is 0 Å². The number of aromatic nitrogens is 2. The first-order valence-electron chi connectivity index (χ1n) is 9.86. The molecule has 2 aromatic heterocycles. The predicted octanol–water partition coefficient (Wildman–Crippen LogP) is 3.56. The lowest BCUT2D eigenvalue weighted by Gasteiger charge is -2.20. The van der Waals surface area contributed by atoms with Crippen molar-refractivity contribution in [1.82, 2.24) is 15.3 Å². The molecule has 1 unspecified atom stereocenters. The number of pyridine rings is 2. The molecule has 0 saturated heterocycles. The molecule has 3 N–H and O–H groups in total. The minimum Gasteiger partial charge on any atom is -0.485 e. The predicted molar refractivity (Wildman–Crippen MR) is 111 cm³/mol. The van der Waals surface area contributed by atoms with Gasteiger partial charge in [-0.25, -0.2) is 9.97 Å². The molecule has 8 nitrogen and oxygen atoms in total. The van der Waals surface area contributed by atoms with Gasteiger partial charge in [-0.1, -0.05) is 0 Å². The highest BCUT2D eigenvalue weighted by Crippen LogP contribution is 2.35. The van der Waals surface area contributed by atoms with Crippen molar-refractivity contribution >= 4 is 17.6 Å². The van der Waals surface area contributed by atoms with Gasteiger partial charge in [0, 0.05) is 5.69 Å². The van der Waals surface area contributed by atoms with Crippen LogP contribution in [0.1, 0.15) is 48.6 Å². The Kier molecular flexibility index (Phi) is 7.81. The molecule has 0 spiro atoms. The van der Waals surface area contributed by atoms with Crippen LogP contribution in [-0.2, 0) is 4.79 Å². The lowest BCUT2D eigenvalue weighted by atomic mass is 10.1. The summed E-state index contributed by atoms with van der Waals surface area (Å²) >= 11 is 0. The Labute approximate surface area is 191 Å². The van der Waals surface area contributed by atoms with Gasteiger partial charge in [-0.3, -0.25) is 9.59 Å². The number of aryl methyl sites for hydroxylation is 1. The van der Waals surface area contributed by atoms with Crippen molar-refractivity contribution in [2.75, 3.05) is 11.9 Å². The van der Waals surface area contributed by atoms with Crippen LogP contribution in [0.5, 0.6) is 5.75 Å². The van der Waals surface area contributed by atoms with Gasteiger partial charge in [0.25, 0.3) is 11.8 Å². The summed E-state index contributed by atoms with van der Waals surface area (Å²) in [4.78, 5) is 32.3. The Bertz CT molecular complexity index is 1040. The molecule has 0 aliphatic heterocycles. The molecule has 2 aromatic rings. The number of ether oxygens (including phenoxy) is 1. The van der Waals surface area contributed by atoms with Crippen molar-refractivity contribution in [3.63, 3.8) is 0 Å². The number of nitrogens with one attached hydrogen (secondary N) is 2. The minimum absolute atomic E-state index is 0.136. The molecular formula is C21H23F5N4O4. The lowest BCUT2D eigenvalue weighted by molar-refractivity contribution is -0.290. The summed E-state index contributed by atoms with van der Waals surface area (Å²) in [7, 11) is 0. The van der Waals surface area contributed by atoms with E-state index in [-0.39, 0.29) is 17.3 Å². The van der Waals surface area contributed by atoms with E-state index in [1.165, 1.54) is 19.9 Å². The van der Waals surface area contributed by atoms with Crippen LogP contribution in [0.4, 0.5) is 27.8 Å². The molecule has 2 heterocycles. The second kappa shape index (κ2) is 9.87. The van der Waals surface area contributed by atoms with E-state index in [4.69, 9.17) is 0 Å². The summed E-state index contributed by atoms with van der Waals surface area (Å²) in [6, 6.07) is 4.73. The SMILES string of the molecule is Cc1cc(C(C)NC(=O)c2ccc(OCC(F)(F)C(F)(F)F)cn2)cc(NC(=O)C(C)(C)O)n1. The molecule has 34 heavy (non-hydrogen) atoms. The Morgan fingerprint density at radius 2 is 1.79 bits per heavy atom. The van der Waals surface area contributed by atoms with E-state index >= 15 is 0 Å². The second-order valence-corrected chi connectivity index (χ2v) is 8.01. The zero-order chi connectivity index (χ0) is 25.9. The molecule has 1 atom stereocenters. The Morgan fingerprint density at radius 1 is 1.15 bits per heavy atom. The molecule has 2 rings (SSSR count). The zero-order valence-corrected chi connectivity index (χ0v) is 18.6. The first kappa shape index (κ1) is 26.9. The lowest BCUT2D eigenvalue weighted by Crippen LogP contribution is -2.41. The molecule has 0 radical (unpaired) electrons. The summed E-state index contributed by atoms with van der Waals surface area (Å²) in [5.74, 6) is -6.57. The van der Waals surface area contributed by atoms with Crippen molar-refractivity contribution < 1.29 is 41.4 Å². The molecule has 0 fully saturated rings. The van der Waals surface area contributed by atoms with Gasteiger partial charge in [-0.05, 0) is 57.5 Å². The number of hydrogen-bond donors (Lipinski definition) is 3. The summed E-state index contributed by atoms with van der Waals surface area (Å²) < 4.78 is 66.9. The molecule has 0 aliphatic carbocycles. The van der Waals surface area contributed by atoms with E-state index in [1.807, 2.05) is 0 Å². The van der Waals surface area contributed by atoms with Gasteiger partial charge in [0.1, 0.15) is 22.9 Å². The fourth-order valence-corrected chi connectivity index (χ4v) is 2.49. The number of hydrogen-bond acceptors (Lipinski definition) is 6. The molecule has 0 aliphatic rings. The number of carbonyl (C=O) groups is 2. The first-order valence-corrected chi connectivity index (χ1v) is 9.86. The number of aliphatic hydroxyl groups is 1. The topological polar surface area (TPSA) is 113 Å². The van der Waals surface area contributed by atoms with Crippen LogP contribution < -0.4 is 15.4 Å². The summed E-state index contributed by atoms with van der Waals surface area (Å²) in [6.45, 7) is 4.01. The first-order chi connectivity index (χ1) is 15.5. The van der Waals surface area contributed by atoms with Crippen molar-refractivity contribution in [3.05, 3.63) is 47.4 Å². The molecule has 0 aromatic carbocycles. The highest BCUT2D eigenvalue weighted by molar-refractivity contribution is 5.96. The van der Waals surface area contributed by atoms with Crippen molar-refractivity contribution in [2.45, 2.75) is 51.4 Å². The third-order valence-electron chi connectivity index (χ3n) is 4.42. The molecule has 186 valence electrons. The Morgan fingerprint density at radius 3 is 2.32 bits per heavy atom. The largest absolute Gasteiger partial charge is 0.485 e. The summed E-state index contributed by atoms with van der Waals surface area (Å²) in [6.07, 6.45) is -4.90. The Balaban J connectivity index is 2.05. The average Bonchev–Trinajstić information content (AvgIpc) is 2.70. The van der Waals surface area contributed by atoms with Gasteiger partial charge in [0.15, 0.2) is 6.61 Å². The number of nitrogens with zero attached hydrogens (tertiary/aromatic N) is 2. The van der Waals surface area contributed by atoms with Crippen LogP contribution in [0.3, 0.4) is 0 Å². The van der Waals surface area contributed by atoms with Gasteiger partial charge in [-0.15, -0.1) is 0 Å². The van der Waals surface area contributed by atoms with E-state index in [0.717, 1.165) is 18.3 Å². The third-order valence-corrected chi connectivity index (χ3v) is 4.42. The normalized spacial score (nSPS) is 13.2. The quantitative estimate of drug-likeness (QED) is 0.488. The van der Waals surface area contributed by atoms with Crippen LogP contribution in [0, 0.1) is 6.92 Å². The maximum Gasteiger partial charge on any atom is 0.456 e. The maximum atomic E-state index is 12.9. The van der Waals surface area contributed by atoms with Crippen LogP contribution in [0.2, 0.25) is 0 Å². The van der Waals surface area contributed by atoms with Crippen LogP contribution in [-0.4, -0.2) is 51.2 Å². The number of alkyl halides is 5. The standard InChI is InChI=1S/C21H23F5N4O4/c1-11-7-13(8-16(28-11)30-18(32)19(3,4)33)12(2)29-17(31)15-6-5-14(9-27-15)34-10-20(22,23)21(24,25)26/h5-9,12,33H,10H2,1-4H3,(H,29,31)(H,28,30,32). The van der Waals surface area contributed by atoms with Gasteiger partial charge < -0.3 is 20.5 Å². The summed E-state index contributed by atoms with van der Waals surface area (Å²) in [5.41, 5.74) is -0.667. The number of carbonyl (C=O) groups excluding carboxylic acids is 2. The monoisotopic (exact) mass is 490 g/mol. The summed E-state index contributed by atoms with van der Waals surface area (Å²) in [5, 5.41) is 14.9. The van der Waals surface area contributed by atoms with Gasteiger partial charge in [-0.2, -0.15) is 22.0 Å². The van der Waals surface area contributed by atoms with E-state index in [2.05, 4.69) is 25.3 Å². The fraction of sp³-hybridized carbons (Fsp3) is 0.429. The van der Waals surface area contributed by atoms with Gasteiger partial charge in [0.05, 0.1) is 12.2 Å².